The molecule has 232 valence electrons. The van der Waals surface area contributed by atoms with Crippen LogP contribution < -0.4 is 5.32 Å². The number of hydrogen-bond donors (Lipinski definition) is 1. The molecule has 1 aliphatic rings. The highest BCUT2D eigenvalue weighted by Crippen LogP contribution is 2.38. The number of anilines is 1. The van der Waals surface area contributed by atoms with Crippen LogP contribution in [0.1, 0.15) is 57.2 Å². The average Bonchev–Trinajstić information content (AvgIpc) is 2.97. The molecule has 2 amide bonds. The quantitative estimate of drug-likeness (QED) is 0.274. The number of carbonyl (C=O) groups is 2. The lowest BCUT2D eigenvalue weighted by Gasteiger charge is -2.36. The van der Waals surface area contributed by atoms with Crippen molar-refractivity contribution < 1.29 is 18.0 Å². The van der Waals surface area contributed by atoms with Gasteiger partial charge >= 0.3 is 0 Å². The lowest BCUT2D eigenvalue weighted by Crippen LogP contribution is -2.44. The van der Waals surface area contributed by atoms with E-state index in [1.165, 1.54) is 12.1 Å². The van der Waals surface area contributed by atoms with E-state index in [1.807, 2.05) is 37.8 Å². The van der Waals surface area contributed by atoms with Crippen LogP contribution in [0, 0.1) is 22.7 Å². The molecule has 1 saturated heterocycles. The Morgan fingerprint density at radius 1 is 1.00 bits per heavy atom. The van der Waals surface area contributed by atoms with Gasteiger partial charge in [0.15, 0.2) is 9.84 Å². The van der Waals surface area contributed by atoms with Crippen LogP contribution in [-0.4, -0.2) is 44.0 Å². The number of nitrogens with one attached hydrogen (secondary N) is 1. The molecule has 44 heavy (non-hydrogen) atoms. The molecule has 1 aliphatic heterocycles. The maximum atomic E-state index is 12.7. The Hall–Kier alpha value is -3.38. The van der Waals surface area contributed by atoms with Gasteiger partial charge in [-0.1, -0.05) is 75.2 Å². The second-order valence-electron chi connectivity index (χ2n) is 12.3. The topological polar surface area (TPSA) is 107 Å². The lowest BCUT2D eigenvalue weighted by atomic mass is 9.86. The van der Waals surface area contributed by atoms with Gasteiger partial charge in [-0.15, -0.1) is 0 Å². The van der Waals surface area contributed by atoms with Crippen molar-refractivity contribution in [1.29, 1.82) is 5.26 Å². The smallest absolute Gasteiger partial charge is 0.228 e. The number of hydrogen-bond acceptors (Lipinski definition) is 5. The van der Waals surface area contributed by atoms with Crippen molar-refractivity contribution >= 4 is 50.5 Å². The second kappa shape index (κ2) is 13.7. The summed E-state index contributed by atoms with van der Waals surface area (Å²) in [5, 5.41) is 13.4. The molecule has 1 heterocycles. The minimum atomic E-state index is -3.31. The molecule has 7 nitrogen and oxygen atoms in total. The van der Waals surface area contributed by atoms with Gasteiger partial charge in [-0.2, -0.15) is 5.26 Å². The summed E-state index contributed by atoms with van der Waals surface area (Å²) in [4.78, 5) is 27.5. The van der Waals surface area contributed by atoms with Crippen LogP contribution in [0.3, 0.4) is 0 Å². The third-order valence-corrected chi connectivity index (χ3v) is 10.3. The number of carbonyl (C=O) groups excluding carboxylic acids is 2. The maximum Gasteiger partial charge on any atom is 0.228 e. The second-order valence-corrected chi connectivity index (χ2v) is 15.4. The molecular weight excluding hydrogens is 617 g/mol. The predicted molar refractivity (Wildman–Crippen MR) is 176 cm³/mol. The van der Waals surface area contributed by atoms with E-state index in [0.29, 0.717) is 43.9 Å². The molecule has 3 aromatic rings. The first kappa shape index (κ1) is 33.5. The highest BCUT2D eigenvalue weighted by atomic mass is 35.5. The van der Waals surface area contributed by atoms with Crippen LogP contribution in [0.5, 0.6) is 0 Å². The number of likely N-dealkylation sites (tertiary alicyclic amines) is 1. The van der Waals surface area contributed by atoms with Gasteiger partial charge in [-0.25, -0.2) is 8.42 Å². The minimum absolute atomic E-state index is 0.00775. The molecule has 3 aromatic carbocycles. The fourth-order valence-electron chi connectivity index (χ4n) is 5.43. The van der Waals surface area contributed by atoms with Crippen molar-refractivity contribution in [1.82, 2.24) is 4.90 Å². The molecule has 10 heteroatoms. The summed E-state index contributed by atoms with van der Waals surface area (Å²) in [5.41, 5.74) is 3.47. The van der Waals surface area contributed by atoms with E-state index in [1.54, 1.807) is 37.3 Å². The SMILES string of the molecule is CCS(=O)(=O)c1ccc(CC(=O)Nc2cc(Cl)c(-c3ccc(CC4CCN(C(=O)C(C)(C)C)CC4)c(C#N)c3)c(Cl)c2)cc1. The first-order valence-electron chi connectivity index (χ1n) is 14.6. The van der Waals surface area contributed by atoms with Crippen molar-refractivity contribution in [3.8, 4) is 17.2 Å². The highest BCUT2D eigenvalue weighted by molar-refractivity contribution is 7.91. The summed E-state index contributed by atoms with van der Waals surface area (Å²) in [7, 11) is -3.31. The van der Waals surface area contributed by atoms with Gasteiger partial charge in [0.05, 0.1) is 38.7 Å². The fraction of sp³-hybridized carbons (Fsp3) is 0.382. The Bertz CT molecular complexity index is 1680. The molecule has 1 N–H and O–H groups in total. The van der Waals surface area contributed by atoms with Gasteiger partial charge in [0, 0.05) is 29.8 Å². The monoisotopic (exact) mass is 653 g/mol. The van der Waals surface area contributed by atoms with E-state index >= 15 is 0 Å². The summed E-state index contributed by atoms with van der Waals surface area (Å²) in [6.45, 7) is 8.86. The fourth-order valence-corrected chi connectivity index (χ4v) is 7.02. The molecule has 0 aliphatic carbocycles. The van der Waals surface area contributed by atoms with Crippen LogP contribution in [0.15, 0.2) is 59.5 Å². The van der Waals surface area contributed by atoms with Gasteiger partial charge in [0.2, 0.25) is 11.8 Å². The highest BCUT2D eigenvalue weighted by Gasteiger charge is 2.30. The van der Waals surface area contributed by atoms with Crippen LogP contribution in [0.25, 0.3) is 11.1 Å². The summed E-state index contributed by atoms with van der Waals surface area (Å²) in [5.74, 6) is 0.261. The first-order chi connectivity index (χ1) is 20.7. The van der Waals surface area contributed by atoms with E-state index in [2.05, 4.69) is 11.4 Å². The van der Waals surface area contributed by atoms with E-state index in [-0.39, 0.29) is 28.9 Å². The molecule has 0 spiro atoms. The number of nitrogens with zero attached hydrogens (tertiary/aromatic N) is 2. The number of halogens is 2. The minimum Gasteiger partial charge on any atom is -0.342 e. The number of amides is 2. The van der Waals surface area contributed by atoms with Crippen LogP contribution >= 0.6 is 23.2 Å². The van der Waals surface area contributed by atoms with Gasteiger partial charge in [-0.05, 0) is 72.2 Å². The average molecular weight is 655 g/mol. The molecule has 0 unspecified atom stereocenters. The number of benzene rings is 3. The van der Waals surface area contributed by atoms with Gasteiger partial charge in [-0.3, -0.25) is 9.59 Å². The third-order valence-electron chi connectivity index (χ3n) is 7.92. The standard InChI is InChI=1S/C34H37Cl2N3O4S/c1-5-44(42,43)28-10-6-22(7-11-28)17-31(40)38-27-19-29(35)32(30(36)20-27)25-9-8-24(26(18-25)21-37)16-23-12-14-39(15-13-23)33(41)34(2,3)4/h6-11,18-20,23H,5,12-17H2,1-4H3,(H,38,40). The van der Waals surface area contributed by atoms with Crippen LogP contribution in [0.2, 0.25) is 10.0 Å². The number of rotatable bonds is 8. The number of sulfone groups is 1. The number of nitriles is 1. The summed E-state index contributed by atoms with van der Waals surface area (Å²) < 4.78 is 24.1. The molecule has 0 bridgehead atoms. The van der Waals surface area contributed by atoms with Crippen molar-refractivity contribution in [2.24, 2.45) is 11.3 Å². The summed E-state index contributed by atoms with van der Waals surface area (Å²) >= 11 is 13.3. The summed E-state index contributed by atoms with van der Waals surface area (Å²) in [6.07, 6.45) is 2.59. The molecular formula is C34H37Cl2N3O4S. The Labute approximate surface area is 270 Å². The largest absolute Gasteiger partial charge is 0.342 e. The lowest BCUT2D eigenvalue weighted by molar-refractivity contribution is -0.140. The molecule has 1 fully saturated rings. The van der Waals surface area contributed by atoms with E-state index < -0.39 is 15.3 Å². The zero-order valence-corrected chi connectivity index (χ0v) is 27.7. The zero-order chi connectivity index (χ0) is 32.2. The van der Waals surface area contributed by atoms with Crippen LogP contribution in [0.4, 0.5) is 5.69 Å². The Morgan fingerprint density at radius 2 is 1.61 bits per heavy atom. The predicted octanol–water partition coefficient (Wildman–Crippen LogP) is 7.33. The van der Waals surface area contributed by atoms with Crippen molar-refractivity contribution in [3.05, 3.63) is 81.3 Å². The third kappa shape index (κ3) is 8.01. The van der Waals surface area contributed by atoms with Crippen molar-refractivity contribution in [2.75, 3.05) is 24.2 Å². The molecule has 0 saturated carbocycles. The number of piperidine rings is 1. The van der Waals surface area contributed by atoms with Gasteiger partial charge < -0.3 is 10.2 Å². The van der Waals surface area contributed by atoms with Gasteiger partial charge in [0.1, 0.15) is 0 Å². The zero-order valence-electron chi connectivity index (χ0n) is 25.4. The first-order valence-corrected chi connectivity index (χ1v) is 17.1. The van der Waals surface area contributed by atoms with Crippen molar-refractivity contribution in [3.63, 3.8) is 0 Å². The summed E-state index contributed by atoms with van der Waals surface area (Å²) in [6, 6.07) is 17.4. The Kier molecular flexibility index (Phi) is 10.5. The van der Waals surface area contributed by atoms with E-state index in [0.717, 1.165) is 37.9 Å². The molecule has 4 rings (SSSR count). The Balaban J connectivity index is 1.43. The van der Waals surface area contributed by atoms with Crippen LogP contribution in [-0.2, 0) is 32.3 Å². The molecule has 0 atom stereocenters. The molecule has 0 radical (unpaired) electrons. The van der Waals surface area contributed by atoms with Crippen molar-refractivity contribution in [2.45, 2.75) is 58.3 Å². The Morgan fingerprint density at radius 3 is 2.16 bits per heavy atom. The normalized spacial score (nSPS) is 14.2. The molecule has 0 aromatic heterocycles. The van der Waals surface area contributed by atoms with Gasteiger partial charge in [0.25, 0.3) is 0 Å². The van der Waals surface area contributed by atoms with E-state index in [9.17, 15) is 23.3 Å². The van der Waals surface area contributed by atoms with E-state index in [4.69, 9.17) is 23.2 Å². The maximum absolute atomic E-state index is 12.7.